The van der Waals surface area contributed by atoms with Crippen molar-refractivity contribution in [1.29, 1.82) is 0 Å². The van der Waals surface area contributed by atoms with Gasteiger partial charge in [-0.1, -0.05) is 0 Å². The van der Waals surface area contributed by atoms with E-state index >= 15 is 0 Å². The van der Waals surface area contributed by atoms with E-state index in [0.717, 1.165) is 42.2 Å². The second kappa shape index (κ2) is 7.03. The van der Waals surface area contributed by atoms with Gasteiger partial charge >= 0.3 is 0 Å². The molecule has 1 fully saturated rings. The topological polar surface area (TPSA) is 76.8 Å². The van der Waals surface area contributed by atoms with Crippen molar-refractivity contribution in [2.24, 2.45) is 0 Å². The van der Waals surface area contributed by atoms with Gasteiger partial charge in [-0.3, -0.25) is 14.8 Å². The summed E-state index contributed by atoms with van der Waals surface area (Å²) >= 11 is 0. The van der Waals surface area contributed by atoms with Crippen LogP contribution in [-0.2, 0) is 11.3 Å². The minimum absolute atomic E-state index is 0.183. The summed E-state index contributed by atoms with van der Waals surface area (Å²) in [4.78, 5) is 27.1. The lowest BCUT2D eigenvalue weighted by Crippen LogP contribution is -2.35. The van der Waals surface area contributed by atoms with Crippen molar-refractivity contribution in [3.8, 4) is 17.1 Å². The summed E-state index contributed by atoms with van der Waals surface area (Å²) in [7, 11) is 0. The van der Waals surface area contributed by atoms with Gasteiger partial charge in [0.15, 0.2) is 11.6 Å². The normalized spacial score (nSPS) is 14.7. The van der Waals surface area contributed by atoms with Crippen molar-refractivity contribution in [1.82, 2.24) is 29.6 Å². The van der Waals surface area contributed by atoms with Crippen molar-refractivity contribution in [3.05, 3.63) is 54.4 Å². The van der Waals surface area contributed by atoms with Crippen LogP contribution in [0.5, 0.6) is 0 Å². The largest absolute Gasteiger partial charge is 0.335 e. The number of amides is 1. The summed E-state index contributed by atoms with van der Waals surface area (Å²) < 4.78 is 1.81. The monoisotopic (exact) mass is 348 g/mol. The molecule has 7 heteroatoms. The van der Waals surface area contributed by atoms with Gasteiger partial charge in [0.05, 0.1) is 12.2 Å². The quantitative estimate of drug-likeness (QED) is 0.724. The van der Waals surface area contributed by atoms with Crippen LogP contribution >= 0.6 is 0 Å². The van der Waals surface area contributed by atoms with Gasteiger partial charge in [0.2, 0.25) is 5.91 Å². The average molecular weight is 348 g/mol. The highest BCUT2D eigenvalue weighted by atomic mass is 16.2. The van der Waals surface area contributed by atoms with Gasteiger partial charge < -0.3 is 4.90 Å². The number of carbonyl (C=O) groups excluding carboxylic acids is 1. The Bertz CT molecular complexity index is 921. The first kappa shape index (κ1) is 16.4. The van der Waals surface area contributed by atoms with Crippen molar-refractivity contribution >= 4 is 5.91 Å². The van der Waals surface area contributed by atoms with Crippen LogP contribution in [-0.4, -0.2) is 42.1 Å². The molecule has 1 aliphatic heterocycles. The van der Waals surface area contributed by atoms with E-state index in [0.29, 0.717) is 18.8 Å². The Morgan fingerprint density at radius 1 is 1.12 bits per heavy atom. The summed E-state index contributed by atoms with van der Waals surface area (Å²) in [5.74, 6) is 1.56. The third kappa shape index (κ3) is 3.33. The molecule has 0 unspecified atom stereocenters. The molecule has 1 amide bonds. The predicted octanol–water partition coefficient (Wildman–Crippen LogP) is 2.55. The van der Waals surface area contributed by atoms with E-state index in [9.17, 15) is 4.79 Å². The number of hydrogen-bond donors (Lipinski definition) is 0. The maximum atomic E-state index is 12.2. The summed E-state index contributed by atoms with van der Waals surface area (Å²) in [5, 5.41) is 4.69. The summed E-state index contributed by atoms with van der Waals surface area (Å²) in [6.45, 7) is 3.17. The zero-order chi connectivity index (χ0) is 17.9. The second-order valence-electron chi connectivity index (χ2n) is 6.43. The van der Waals surface area contributed by atoms with E-state index in [4.69, 9.17) is 10.1 Å². The lowest BCUT2D eigenvalue weighted by Gasteiger charge is -2.26. The van der Waals surface area contributed by atoms with E-state index in [1.165, 1.54) is 0 Å². The fourth-order valence-electron chi connectivity index (χ4n) is 3.14. The third-order valence-corrected chi connectivity index (χ3v) is 4.49. The number of likely N-dealkylation sites (tertiary alicyclic amines) is 1. The second-order valence-corrected chi connectivity index (χ2v) is 6.43. The lowest BCUT2D eigenvalue weighted by molar-refractivity contribution is -0.134. The number of pyridine rings is 2. The molecule has 0 atom stereocenters. The Hall–Kier alpha value is -3.09. The van der Waals surface area contributed by atoms with Gasteiger partial charge in [0, 0.05) is 42.8 Å². The van der Waals surface area contributed by atoms with Crippen molar-refractivity contribution in [3.63, 3.8) is 0 Å². The molecule has 0 aromatic carbocycles. The van der Waals surface area contributed by atoms with Crippen LogP contribution < -0.4 is 0 Å². The molecule has 3 aromatic heterocycles. The molecule has 4 rings (SSSR count). The van der Waals surface area contributed by atoms with Gasteiger partial charge in [-0.15, -0.1) is 5.10 Å². The zero-order valence-electron chi connectivity index (χ0n) is 14.7. The SMILES string of the molecule is Cc1cc(-n2nc(-c3ccncc3)nc2CN2CCCCC2=O)ccn1. The molecule has 0 saturated carbocycles. The first-order valence-electron chi connectivity index (χ1n) is 8.78. The van der Waals surface area contributed by atoms with Crippen LogP contribution in [0, 0.1) is 6.92 Å². The molecule has 0 aliphatic carbocycles. The number of nitrogens with zero attached hydrogens (tertiary/aromatic N) is 6. The van der Waals surface area contributed by atoms with Crippen LogP contribution in [0.15, 0.2) is 42.9 Å². The Kier molecular flexibility index (Phi) is 4.43. The highest BCUT2D eigenvalue weighted by Gasteiger charge is 2.22. The van der Waals surface area contributed by atoms with E-state index in [1.807, 2.05) is 40.8 Å². The highest BCUT2D eigenvalue weighted by molar-refractivity contribution is 5.76. The molecule has 0 spiro atoms. The first-order valence-corrected chi connectivity index (χ1v) is 8.78. The number of piperidine rings is 1. The van der Waals surface area contributed by atoms with Crippen molar-refractivity contribution in [2.45, 2.75) is 32.7 Å². The van der Waals surface area contributed by atoms with Crippen molar-refractivity contribution in [2.75, 3.05) is 6.54 Å². The number of aryl methyl sites for hydroxylation is 1. The molecule has 0 N–H and O–H groups in total. The van der Waals surface area contributed by atoms with E-state index in [-0.39, 0.29) is 5.91 Å². The van der Waals surface area contributed by atoms with Crippen LogP contribution in [0.2, 0.25) is 0 Å². The zero-order valence-corrected chi connectivity index (χ0v) is 14.7. The van der Waals surface area contributed by atoms with E-state index < -0.39 is 0 Å². The Labute approximate surface area is 151 Å². The number of rotatable bonds is 4. The van der Waals surface area contributed by atoms with Crippen LogP contribution in [0.4, 0.5) is 0 Å². The van der Waals surface area contributed by atoms with E-state index in [2.05, 4.69) is 9.97 Å². The van der Waals surface area contributed by atoms with E-state index in [1.54, 1.807) is 18.6 Å². The molecule has 7 nitrogen and oxygen atoms in total. The van der Waals surface area contributed by atoms with Gasteiger partial charge in [-0.2, -0.15) is 0 Å². The van der Waals surface area contributed by atoms with Gasteiger partial charge in [0.25, 0.3) is 0 Å². The molecule has 26 heavy (non-hydrogen) atoms. The minimum atomic E-state index is 0.183. The number of aromatic nitrogens is 5. The molecule has 0 bridgehead atoms. The van der Waals surface area contributed by atoms with Gasteiger partial charge in [-0.05, 0) is 44.0 Å². The summed E-state index contributed by atoms with van der Waals surface area (Å²) in [6, 6.07) is 7.63. The maximum absolute atomic E-state index is 12.2. The standard InChI is InChI=1S/C19H20N6O/c1-14-12-16(7-10-21-14)25-17(13-24-11-3-2-4-18(24)26)22-19(23-25)15-5-8-20-9-6-15/h5-10,12H,2-4,11,13H2,1H3. The lowest BCUT2D eigenvalue weighted by atomic mass is 10.1. The molecule has 132 valence electrons. The first-order chi connectivity index (χ1) is 12.7. The number of hydrogen-bond acceptors (Lipinski definition) is 5. The minimum Gasteiger partial charge on any atom is -0.335 e. The molecule has 1 aliphatic rings. The molecule has 4 heterocycles. The molecule has 1 saturated heterocycles. The fourth-order valence-corrected chi connectivity index (χ4v) is 3.14. The highest BCUT2D eigenvalue weighted by Crippen LogP contribution is 2.20. The smallest absolute Gasteiger partial charge is 0.222 e. The summed E-state index contributed by atoms with van der Waals surface area (Å²) in [6.07, 6.45) is 7.81. The van der Waals surface area contributed by atoms with Crippen LogP contribution in [0.3, 0.4) is 0 Å². The summed E-state index contributed by atoms with van der Waals surface area (Å²) in [5.41, 5.74) is 2.70. The predicted molar refractivity (Wildman–Crippen MR) is 96.4 cm³/mol. The van der Waals surface area contributed by atoms with Gasteiger partial charge in [-0.25, -0.2) is 9.67 Å². The Morgan fingerprint density at radius 3 is 2.73 bits per heavy atom. The van der Waals surface area contributed by atoms with Crippen molar-refractivity contribution < 1.29 is 4.79 Å². The molecule has 3 aromatic rings. The fraction of sp³-hybridized carbons (Fsp3) is 0.316. The molecular formula is C19H20N6O. The Morgan fingerprint density at radius 2 is 1.96 bits per heavy atom. The van der Waals surface area contributed by atoms with Crippen LogP contribution in [0.1, 0.15) is 30.8 Å². The average Bonchev–Trinajstić information content (AvgIpc) is 3.08. The molecule has 0 radical (unpaired) electrons. The maximum Gasteiger partial charge on any atom is 0.222 e. The Balaban J connectivity index is 1.75. The molecular weight excluding hydrogens is 328 g/mol. The number of carbonyl (C=O) groups is 1. The van der Waals surface area contributed by atoms with Crippen LogP contribution in [0.25, 0.3) is 17.1 Å². The van der Waals surface area contributed by atoms with Gasteiger partial charge in [0.1, 0.15) is 0 Å². The third-order valence-electron chi connectivity index (χ3n) is 4.49.